The number of rotatable bonds is 2. The summed E-state index contributed by atoms with van der Waals surface area (Å²) in [6, 6.07) is 24.4. The van der Waals surface area contributed by atoms with E-state index < -0.39 is 5.92 Å². The molecule has 4 aromatic carbocycles. The Labute approximate surface area is 183 Å². The molecule has 0 radical (unpaired) electrons. The third-order valence-electron chi connectivity index (χ3n) is 6.11. The van der Waals surface area contributed by atoms with E-state index in [2.05, 4.69) is 46.9 Å². The van der Waals surface area contributed by atoms with Gasteiger partial charge in [-0.15, -0.1) is 0 Å². The van der Waals surface area contributed by atoms with Crippen molar-refractivity contribution in [3.05, 3.63) is 93.1 Å². The molecule has 1 aliphatic carbocycles. The fourth-order valence-corrected chi connectivity index (χ4v) is 4.91. The highest BCUT2D eigenvalue weighted by Crippen LogP contribution is 2.39. The summed E-state index contributed by atoms with van der Waals surface area (Å²) >= 11 is 2.26. The lowest BCUT2D eigenvalue weighted by atomic mass is 9.72. The molecule has 4 aromatic rings. The highest BCUT2D eigenvalue weighted by Gasteiger charge is 2.39. The zero-order chi connectivity index (χ0) is 20.1. The largest absolute Gasteiger partial charge is 0.298 e. The van der Waals surface area contributed by atoms with E-state index in [-0.39, 0.29) is 17.5 Å². The first-order chi connectivity index (χ1) is 14.0. The molecule has 0 fully saturated rings. The molecule has 2 atom stereocenters. The smallest absolute Gasteiger partial charge is 0.174 e. The van der Waals surface area contributed by atoms with Gasteiger partial charge < -0.3 is 0 Å². The van der Waals surface area contributed by atoms with Gasteiger partial charge in [-0.25, -0.2) is 0 Å². The zero-order valence-corrected chi connectivity index (χ0v) is 18.1. The van der Waals surface area contributed by atoms with Crippen molar-refractivity contribution in [3.63, 3.8) is 0 Å². The molecule has 3 heteroatoms. The monoisotopic (exact) mass is 490 g/mol. The van der Waals surface area contributed by atoms with Gasteiger partial charge in [0.1, 0.15) is 0 Å². The lowest BCUT2D eigenvalue weighted by molar-refractivity contribution is -0.122. The summed E-state index contributed by atoms with van der Waals surface area (Å²) in [6.07, 6.45) is 0.461. The standard InChI is InChI=1S/C26H19IO2/c1-15-19-12-13-21-20-5-3-2-4-17(20)8-11-22(21)24(19)26(29)23(25(15)28)14-16-6-9-18(27)10-7-16/h2-13,15,23H,14H2,1H3. The van der Waals surface area contributed by atoms with E-state index >= 15 is 0 Å². The van der Waals surface area contributed by atoms with Crippen LogP contribution < -0.4 is 0 Å². The van der Waals surface area contributed by atoms with Gasteiger partial charge >= 0.3 is 0 Å². The number of carbonyl (C=O) groups excluding carboxylic acids is 2. The molecule has 0 aromatic heterocycles. The number of hydrogen-bond donors (Lipinski definition) is 0. The Hall–Kier alpha value is -2.53. The fraction of sp³-hybridized carbons (Fsp3) is 0.154. The second-order valence-corrected chi connectivity index (χ2v) is 9.03. The van der Waals surface area contributed by atoms with Crippen LogP contribution in [0.15, 0.2) is 72.8 Å². The quantitative estimate of drug-likeness (QED) is 0.187. The molecule has 29 heavy (non-hydrogen) atoms. The maximum atomic E-state index is 13.6. The van der Waals surface area contributed by atoms with E-state index in [0.29, 0.717) is 6.42 Å². The highest BCUT2D eigenvalue weighted by atomic mass is 127. The zero-order valence-electron chi connectivity index (χ0n) is 16.0. The highest BCUT2D eigenvalue weighted by molar-refractivity contribution is 14.1. The van der Waals surface area contributed by atoms with Crippen LogP contribution in [0.4, 0.5) is 0 Å². The van der Waals surface area contributed by atoms with Gasteiger partial charge in [0.05, 0.1) is 5.92 Å². The SMILES string of the molecule is CC1C(=O)C(Cc2ccc(I)cc2)C(=O)c2c1ccc1c2ccc2ccccc21. The van der Waals surface area contributed by atoms with Crippen LogP contribution in [0.5, 0.6) is 0 Å². The molecule has 0 saturated heterocycles. The second kappa shape index (κ2) is 7.06. The van der Waals surface area contributed by atoms with Crippen molar-refractivity contribution in [3.8, 4) is 0 Å². The number of Topliss-reactive ketones (excluding diaryl/α,β-unsaturated/α-hetero) is 2. The Bertz CT molecular complexity index is 1290. The number of fused-ring (bicyclic) bond motifs is 5. The van der Waals surface area contributed by atoms with Crippen LogP contribution in [0.1, 0.15) is 34.3 Å². The van der Waals surface area contributed by atoms with Crippen LogP contribution >= 0.6 is 22.6 Å². The van der Waals surface area contributed by atoms with Crippen molar-refractivity contribution in [2.45, 2.75) is 19.3 Å². The lowest BCUT2D eigenvalue weighted by Gasteiger charge is -2.28. The van der Waals surface area contributed by atoms with Gasteiger partial charge in [0.15, 0.2) is 11.6 Å². The third kappa shape index (κ3) is 2.99. The topological polar surface area (TPSA) is 34.1 Å². The summed E-state index contributed by atoms with van der Waals surface area (Å²) in [5.41, 5.74) is 2.62. The molecule has 0 spiro atoms. The van der Waals surface area contributed by atoms with Crippen LogP contribution in [0.2, 0.25) is 0 Å². The van der Waals surface area contributed by atoms with Crippen LogP contribution in [0.3, 0.4) is 0 Å². The maximum absolute atomic E-state index is 13.6. The molecule has 1 aliphatic rings. The molecule has 0 N–H and O–H groups in total. The van der Waals surface area contributed by atoms with Crippen LogP contribution in [-0.4, -0.2) is 11.6 Å². The minimum atomic E-state index is -0.616. The minimum Gasteiger partial charge on any atom is -0.298 e. The predicted octanol–water partition coefficient (Wildman–Crippen LogP) is 6.33. The number of benzene rings is 4. The maximum Gasteiger partial charge on any atom is 0.174 e. The summed E-state index contributed by atoms with van der Waals surface area (Å²) in [5, 5.41) is 4.32. The molecule has 5 rings (SSSR count). The van der Waals surface area contributed by atoms with Crippen molar-refractivity contribution in [1.82, 2.24) is 0 Å². The number of hydrogen-bond acceptors (Lipinski definition) is 2. The van der Waals surface area contributed by atoms with Gasteiger partial charge in [-0.1, -0.05) is 67.6 Å². The van der Waals surface area contributed by atoms with E-state index in [4.69, 9.17) is 0 Å². The molecule has 2 nitrogen and oxygen atoms in total. The Morgan fingerprint density at radius 2 is 1.52 bits per heavy atom. The van der Waals surface area contributed by atoms with Crippen LogP contribution in [-0.2, 0) is 11.2 Å². The van der Waals surface area contributed by atoms with Gasteiger partial charge in [0, 0.05) is 15.1 Å². The number of halogens is 1. The van der Waals surface area contributed by atoms with E-state index in [9.17, 15) is 9.59 Å². The Kier molecular flexibility index (Phi) is 4.50. The predicted molar refractivity (Wildman–Crippen MR) is 126 cm³/mol. The van der Waals surface area contributed by atoms with E-state index in [1.54, 1.807) is 0 Å². The summed E-state index contributed by atoms with van der Waals surface area (Å²) in [6.45, 7) is 1.93. The van der Waals surface area contributed by atoms with E-state index in [1.165, 1.54) is 0 Å². The molecule has 2 unspecified atom stereocenters. The van der Waals surface area contributed by atoms with Crippen LogP contribution in [0, 0.1) is 9.49 Å². The van der Waals surface area contributed by atoms with E-state index in [1.807, 2.05) is 55.5 Å². The summed E-state index contributed by atoms with van der Waals surface area (Å²) in [7, 11) is 0. The molecule has 0 heterocycles. The average Bonchev–Trinajstić information content (AvgIpc) is 2.75. The molecule has 0 amide bonds. The van der Waals surface area contributed by atoms with Crippen molar-refractivity contribution in [1.29, 1.82) is 0 Å². The summed E-state index contributed by atoms with van der Waals surface area (Å²) in [4.78, 5) is 26.7. The molecule has 142 valence electrons. The molecule has 0 bridgehead atoms. The van der Waals surface area contributed by atoms with Crippen molar-refractivity contribution in [2.24, 2.45) is 5.92 Å². The molecule has 0 saturated carbocycles. The summed E-state index contributed by atoms with van der Waals surface area (Å²) in [5.74, 6) is -0.897. The Morgan fingerprint density at radius 1 is 0.793 bits per heavy atom. The average molecular weight is 490 g/mol. The van der Waals surface area contributed by atoms with Gasteiger partial charge in [0.2, 0.25) is 0 Å². The Morgan fingerprint density at radius 3 is 2.31 bits per heavy atom. The normalized spacial score (nSPS) is 19.0. The fourth-order valence-electron chi connectivity index (χ4n) is 4.55. The molecular formula is C26H19IO2. The first-order valence-corrected chi connectivity index (χ1v) is 10.9. The number of ketones is 2. The van der Waals surface area contributed by atoms with Crippen molar-refractivity contribution < 1.29 is 9.59 Å². The second-order valence-electron chi connectivity index (χ2n) is 7.78. The van der Waals surface area contributed by atoms with Gasteiger partial charge in [0.25, 0.3) is 0 Å². The van der Waals surface area contributed by atoms with Crippen molar-refractivity contribution in [2.75, 3.05) is 0 Å². The van der Waals surface area contributed by atoms with Crippen molar-refractivity contribution >= 4 is 55.7 Å². The van der Waals surface area contributed by atoms with E-state index in [0.717, 1.165) is 41.8 Å². The summed E-state index contributed by atoms with van der Waals surface area (Å²) < 4.78 is 1.14. The minimum absolute atomic E-state index is 0.0289. The Balaban J connectivity index is 1.68. The third-order valence-corrected chi connectivity index (χ3v) is 6.83. The first kappa shape index (κ1) is 18.5. The lowest BCUT2D eigenvalue weighted by Crippen LogP contribution is -2.35. The van der Waals surface area contributed by atoms with Crippen LogP contribution in [0.25, 0.3) is 21.5 Å². The molecule has 0 aliphatic heterocycles. The van der Waals surface area contributed by atoms with Gasteiger partial charge in [-0.2, -0.15) is 0 Å². The van der Waals surface area contributed by atoms with Gasteiger partial charge in [-0.05, 0) is 73.8 Å². The number of carbonyl (C=O) groups is 2. The molecular weight excluding hydrogens is 471 g/mol. The first-order valence-electron chi connectivity index (χ1n) is 9.81. The van der Waals surface area contributed by atoms with Gasteiger partial charge in [-0.3, -0.25) is 9.59 Å².